The van der Waals surface area contributed by atoms with Crippen LogP contribution in [0.2, 0.25) is 0 Å². The molecule has 1 fully saturated rings. The summed E-state index contributed by atoms with van der Waals surface area (Å²) in [7, 11) is -2.36. The smallest absolute Gasteiger partial charge is 0.251 e. The number of hydrogen-bond donors (Lipinski definition) is 1. The topological polar surface area (TPSA) is 63.6 Å². The fourth-order valence-electron chi connectivity index (χ4n) is 1.36. The molecule has 0 aliphatic carbocycles. The molecule has 4 nitrogen and oxygen atoms in total. The summed E-state index contributed by atoms with van der Waals surface area (Å²) in [6, 6.07) is 0. The predicted octanol–water partition coefficient (Wildman–Crippen LogP) is 0.758. The molecule has 0 bridgehead atoms. The summed E-state index contributed by atoms with van der Waals surface area (Å²) in [5.74, 6) is 0. The number of nitrogens with zero attached hydrogens (tertiary/aromatic N) is 1. The highest BCUT2D eigenvalue weighted by Crippen LogP contribution is 2.37. The van der Waals surface area contributed by atoms with Crippen LogP contribution in [-0.2, 0) is 0 Å². The standard InChI is InChI=1S/C8H17NO3S/c1-13(2,12)8(11)9-5-3-7(10)4-6-9/h7,10,12H,3-6H2,1-2H3/p-1. The van der Waals surface area contributed by atoms with Gasteiger partial charge in [0, 0.05) is 13.1 Å². The van der Waals surface area contributed by atoms with Gasteiger partial charge in [-0.15, -0.1) is 0 Å². The van der Waals surface area contributed by atoms with E-state index in [2.05, 4.69) is 0 Å². The van der Waals surface area contributed by atoms with Gasteiger partial charge in [0.15, 0.2) is 0 Å². The predicted molar refractivity (Wildman–Crippen MR) is 52.4 cm³/mol. The molecule has 5 heteroatoms. The second-order valence-electron chi connectivity index (χ2n) is 3.72. The van der Waals surface area contributed by atoms with Crippen molar-refractivity contribution in [2.45, 2.75) is 18.9 Å². The Hall–Kier alpha value is -0.260. The Morgan fingerprint density at radius 1 is 1.46 bits per heavy atom. The molecule has 1 rings (SSSR count). The largest absolute Gasteiger partial charge is 0.806 e. The van der Waals surface area contributed by atoms with Crippen LogP contribution in [0.4, 0.5) is 4.79 Å². The highest BCUT2D eigenvalue weighted by molar-refractivity contribution is 8.39. The lowest BCUT2D eigenvalue weighted by atomic mass is 10.1. The minimum atomic E-state index is -2.36. The van der Waals surface area contributed by atoms with Crippen molar-refractivity contribution in [1.29, 1.82) is 0 Å². The van der Waals surface area contributed by atoms with E-state index in [-0.39, 0.29) is 11.3 Å². The van der Waals surface area contributed by atoms with Gasteiger partial charge in [0.05, 0.1) is 6.10 Å². The second-order valence-corrected chi connectivity index (χ2v) is 6.53. The van der Waals surface area contributed by atoms with Crippen molar-refractivity contribution in [3.8, 4) is 0 Å². The fraction of sp³-hybridized carbons (Fsp3) is 0.875. The first-order valence-corrected chi connectivity index (χ1v) is 6.70. The average Bonchev–Trinajstić information content (AvgIpc) is 2.03. The number of carbonyl (C=O) groups excluding carboxylic acids is 1. The Balaban J connectivity index is 2.50. The van der Waals surface area contributed by atoms with Crippen LogP contribution in [0.3, 0.4) is 0 Å². The van der Waals surface area contributed by atoms with E-state index in [0.29, 0.717) is 25.9 Å². The Labute approximate surface area is 80.1 Å². The Morgan fingerprint density at radius 3 is 2.31 bits per heavy atom. The Morgan fingerprint density at radius 2 is 1.92 bits per heavy atom. The van der Waals surface area contributed by atoms with Crippen LogP contribution in [0.5, 0.6) is 0 Å². The summed E-state index contributed by atoms with van der Waals surface area (Å²) >= 11 is 0. The molecule has 1 aliphatic heterocycles. The lowest BCUT2D eigenvalue weighted by molar-refractivity contribution is 0.0994. The van der Waals surface area contributed by atoms with E-state index in [4.69, 9.17) is 0 Å². The van der Waals surface area contributed by atoms with Crippen LogP contribution in [0.1, 0.15) is 12.8 Å². The first-order chi connectivity index (χ1) is 5.91. The molecule has 0 spiro atoms. The molecule has 78 valence electrons. The first kappa shape index (κ1) is 10.8. The molecule has 0 aromatic carbocycles. The van der Waals surface area contributed by atoms with Crippen LogP contribution in [0, 0.1) is 0 Å². The van der Waals surface area contributed by atoms with Gasteiger partial charge < -0.3 is 14.6 Å². The quantitative estimate of drug-likeness (QED) is 0.636. The lowest BCUT2D eigenvalue weighted by Gasteiger charge is -2.42. The minimum Gasteiger partial charge on any atom is -0.806 e. The number of hydrogen-bond acceptors (Lipinski definition) is 3. The summed E-state index contributed by atoms with van der Waals surface area (Å²) in [6.45, 7) is 1.05. The molecule has 1 aliphatic rings. The fourth-order valence-corrected chi connectivity index (χ4v) is 2.16. The molecule has 1 amide bonds. The molecule has 0 aromatic heterocycles. The van der Waals surface area contributed by atoms with Gasteiger partial charge in [-0.05, 0) is 25.4 Å². The molecule has 0 aromatic rings. The van der Waals surface area contributed by atoms with Crippen molar-refractivity contribution in [2.24, 2.45) is 0 Å². The molecular weight excluding hydrogens is 190 g/mol. The van der Waals surface area contributed by atoms with Gasteiger partial charge in [-0.3, -0.25) is 4.79 Å². The summed E-state index contributed by atoms with van der Waals surface area (Å²) < 4.78 is 11.4. The molecule has 1 saturated heterocycles. The third-order valence-corrected chi connectivity index (χ3v) is 3.24. The molecule has 0 atom stereocenters. The van der Waals surface area contributed by atoms with Gasteiger partial charge >= 0.3 is 0 Å². The second kappa shape index (κ2) is 3.86. The van der Waals surface area contributed by atoms with Gasteiger partial charge in [0.2, 0.25) is 0 Å². The Bertz CT molecular complexity index is 194. The van der Waals surface area contributed by atoms with Gasteiger partial charge in [-0.1, -0.05) is 0 Å². The van der Waals surface area contributed by atoms with Gasteiger partial charge in [0.25, 0.3) is 5.24 Å². The molecule has 1 N–H and O–H groups in total. The average molecular weight is 206 g/mol. The zero-order valence-corrected chi connectivity index (χ0v) is 8.84. The van der Waals surface area contributed by atoms with Crippen LogP contribution >= 0.6 is 10.3 Å². The SMILES string of the molecule is CS(C)([O-])C(=O)N1CCC(O)CC1. The number of piperidine rings is 1. The third-order valence-electron chi connectivity index (χ3n) is 2.14. The van der Waals surface area contributed by atoms with Crippen LogP contribution in [0.25, 0.3) is 0 Å². The number of rotatable bonds is 0. The number of likely N-dealkylation sites (tertiary alicyclic amines) is 1. The van der Waals surface area contributed by atoms with E-state index in [1.165, 1.54) is 12.5 Å². The summed E-state index contributed by atoms with van der Waals surface area (Å²) in [4.78, 5) is 13.1. The van der Waals surface area contributed by atoms with E-state index in [1.54, 1.807) is 4.90 Å². The van der Waals surface area contributed by atoms with E-state index in [1.807, 2.05) is 0 Å². The first-order valence-electron chi connectivity index (χ1n) is 4.32. The van der Waals surface area contributed by atoms with Gasteiger partial charge in [-0.2, -0.15) is 0 Å². The van der Waals surface area contributed by atoms with Crippen molar-refractivity contribution < 1.29 is 14.5 Å². The molecule has 0 unspecified atom stereocenters. The van der Waals surface area contributed by atoms with E-state index < -0.39 is 10.3 Å². The number of aliphatic hydroxyl groups excluding tert-OH is 1. The van der Waals surface area contributed by atoms with Crippen LogP contribution in [0.15, 0.2) is 0 Å². The maximum absolute atomic E-state index is 11.5. The minimum absolute atomic E-state index is 0.278. The van der Waals surface area contributed by atoms with Crippen LogP contribution < -0.4 is 0 Å². The number of aliphatic hydroxyl groups is 1. The third kappa shape index (κ3) is 2.86. The highest BCUT2D eigenvalue weighted by Gasteiger charge is 2.23. The van der Waals surface area contributed by atoms with E-state index in [0.717, 1.165) is 0 Å². The van der Waals surface area contributed by atoms with Crippen molar-refractivity contribution in [3.63, 3.8) is 0 Å². The van der Waals surface area contributed by atoms with E-state index in [9.17, 15) is 14.5 Å². The summed E-state index contributed by atoms with van der Waals surface area (Å²) in [5, 5.41) is 8.92. The maximum atomic E-state index is 11.5. The number of carbonyl (C=O) groups is 1. The van der Waals surface area contributed by atoms with Crippen molar-refractivity contribution in [3.05, 3.63) is 0 Å². The molecule has 0 radical (unpaired) electrons. The van der Waals surface area contributed by atoms with Crippen molar-refractivity contribution in [2.75, 3.05) is 25.6 Å². The molecule has 13 heavy (non-hydrogen) atoms. The highest BCUT2D eigenvalue weighted by atomic mass is 32.3. The number of amides is 1. The zero-order chi connectivity index (χ0) is 10.1. The summed E-state index contributed by atoms with van der Waals surface area (Å²) in [6.07, 6.45) is 3.82. The Kier molecular flexibility index (Phi) is 3.21. The molecular formula is C8H16NO3S-. The normalized spacial score (nSPS) is 21.7. The molecule has 0 saturated carbocycles. The van der Waals surface area contributed by atoms with Crippen molar-refractivity contribution in [1.82, 2.24) is 4.90 Å². The van der Waals surface area contributed by atoms with Gasteiger partial charge in [0.1, 0.15) is 0 Å². The lowest BCUT2D eigenvalue weighted by Crippen LogP contribution is -2.40. The zero-order valence-electron chi connectivity index (χ0n) is 8.02. The summed E-state index contributed by atoms with van der Waals surface area (Å²) in [5.41, 5.74) is 0. The molecule has 1 heterocycles. The maximum Gasteiger partial charge on any atom is 0.251 e. The monoisotopic (exact) mass is 206 g/mol. The van der Waals surface area contributed by atoms with Gasteiger partial charge in [-0.25, -0.2) is 10.3 Å². The van der Waals surface area contributed by atoms with Crippen LogP contribution in [-0.4, -0.2) is 51.5 Å². The van der Waals surface area contributed by atoms with Crippen molar-refractivity contribution >= 4 is 15.5 Å². The van der Waals surface area contributed by atoms with E-state index >= 15 is 0 Å².